The summed E-state index contributed by atoms with van der Waals surface area (Å²) in [4.78, 5) is 17.7. The van der Waals surface area contributed by atoms with Crippen LogP contribution in [0, 0.1) is 12.7 Å². The van der Waals surface area contributed by atoms with Crippen molar-refractivity contribution in [2.45, 2.75) is 25.9 Å². The lowest BCUT2D eigenvalue weighted by molar-refractivity contribution is -0.125. The molecule has 1 amide bonds. The number of hydrogen-bond donors (Lipinski definition) is 1. The van der Waals surface area contributed by atoms with E-state index in [2.05, 4.69) is 25.8 Å². The Kier molecular flexibility index (Phi) is 5.66. The minimum absolute atomic E-state index is 0.199. The maximum Gasteiger partial charge on any atom is 0.245 e. The second-order valence-electron chi connectivity index (χ2n) is 7.49. The predicted octanol–water partition coefficient (Wildman–Crippen LogP) is 4.09. The Labute approximate surface area is 192 Å². The average molecular weight is 463 g/mol. The SMILES string of the molecule is Cc1nnnn1C(Cc1ccc(F)cc1)C(=O)NCc1ccc(-c2nc3ccccc3s2)o1. The van der Waals surface area contributed by atoms with Crippen molar-refractivity contribution >= 4 is 27.5 Å². The smallest absolute Gasteiger partial charge is 0.245 e. The maximum absolute atomic E-state index is 13.3. The monoisotopic (exact) mass is 462 g/mol. The zero-order valence-electron chi connectivity index (χ0n) is 17.6. The molecular weight excluding hydrogens is 443 g/mol. The van der Waals surface area contributed by atoms with Gasteiger partial charge in [0.05, 0.1) is 16.8 Å². The van der Waals surface area contributed by atoms with Crippen LogP contribution in [0.4, 0.5) is 4.39 Å². The van der Waals surface area contributed by atoms with Crippen molar-refractivity contribution in [1.82, 2.24) is 30.5 Å². The number of fused-ring (bicyclic) bond motifs is 1. The Hall–Kier alpha value is -3.92. The standard InChI is InChI=1S/C23H19FN6O2S/c1-14-27-28-29-30(14)19(12-15-6-8-16(24)9-7-15)22(31)25-13-17-10-11-20(32-17)23-26-18-4-2-3-5-21(18)33-23/h2-11,19H,12-13H2,1H3,(H,25,31). The van der Waals surface area contributed by atoms with Crippen LogP contribution in [0.3, 0.4) is 0 Å². The van der Waals surface area contributed by atoms with Gasteiger partial charge in [0.1, 0.15) is 23.4 Å². The minimum Gasteiger partial charge on any atom is -0.457 e. The Bertz CT molecular complexity index is 1370. The van der Waals surface area contributed by atoms with Crippen LogP contribution in [-0.2, 0) is 17.8 Å². The first-order valence-corrected chi connectivity index (χ1v) is 11.1. The summed E-state index contributed by atoms with van der Waals surface area (Å²) in [7, 11) is 0. The van der Waals surface area contributed by atoms with E-state index in [4.69, 9.17) is 4.42 Å². The molecule has 1 N–H and O–H groups in total. The highest BCUT2D eigenvalue weighted by Gasteiger charge is 2.24. The van der Waals surface area contributed by atoms with E-state index in [1.807, 2.05) is 36.4 Å². The van der Waals surface area contributed by atoms with Gasteiger partial charge in [0.25, 0.3) is 0 Å². The predicted molar refractivity (Wildman–Crippen MR) is 121 cm³/mol. The van der Waals surface area contributed by atoms with Crippen molar-refractivity contribution in [2.24, 2.45) is 0 Å². The van der Waals surface area contributed by atoms with Crippen LogP contribution in [0.2, 0.25) is 0 Å². The number of carbonyl (C=O) groups excluding carboxylic acids is 1. The molecule has 0 aliphatic heterocycles. The molecule has 10 heteroatoms. The Balaban J connectivity index is 1.30. The second-order valence-corrected chi connectivity index (χ2v) is 8.52. The molecule has 1 unspecified atom stereocenters. The lowest BCUT2D eigenvalue weighted by atomic mass is 10.1. The molecule has 0 bridgehead atoms. The summed E-state index contributed by atoms with van der Waals surface area (Å²) in [5.74, 6) is 1.16. The number of aromatic nitrogens is 5. The number of carbonyl (C=O) groups is 1. The lowest BCUT2D eigenvalue weighted by Gasteiger charge is -2.17. The van der Waals surface area contributed by atoms with Crippen LogP contribution >= 0.6 is 11.3 Å². The summed E-state index contributed by atoms with van der Waals surface area (Å²) >= 11 is 1.55. The van der Waals surface area contributed by atoms with E-state index in [0.717, 1.165) is 20.8 Å². The molecule has 1 atom stereocenters. The third kappa shape index (κ3) is 4.51. The molecule has 0 saturated heterocycles. The minimum atomic E-state index is -0.691. The van der Waals surface area contributed by atoms with Crippen LogP contribution in [0.1, 0.15) is 23.2 Å². The maximum atomic E-state index is 13.3. The van der Waals surface area contributed by atoms with E-state index in [0.29, 0.717) is 23.8 Å². The van der Waals surface area contributed by atoms with E-state index in [9.17, 15) is 9.18 Å². The molecule has 3 heterocycles. The highest BCUT2D eigenvalue weighted by molar-refractivity contribution is 7.21. The fourth-order valence-corrected chi connectivity index (χ4v) is 4.45. The van der Waals surface area contributed by atoms with E-state index >= 15 is 0 Å². The number of para-hydroxylation sites is 1. The fraction of sp³-hybridized carbons (Fsp3) is 0.174. The van der Waals surface area contributed by atoms with Gasteiger partial charge in [-0.3, -0.25) is 4.79 Å². The summed E-state index contributed by atoms with van der Waals surface area (Å²) in [5.41, 5.74) is 1.71. The van der Waals surface area contributed by atoms with Crippen LogP contribution in [0.25, 0.3) is 21.0 Å². The van der Waals surface area contributed by atoms with Crippen LogP contribution < -0.4 is 5.32 Å². The third-order valence-corrected chi connectivity index (χ3v) is 6.25. The lowest BCUT2D eigenvalue weighted by Crippen LogP contribution is -2.34. The molecule has 0 saturated carbocycles. The van der Waals surface area contributed by atoms with Crippen molar-refractivity contribution in [3.05, 3.63) is 83.6 Å². The summed E-state index contributed by atoms with van der Waals surface area (Å²) in [5, 5.41) is 15.2. The summed E-state index contributed by atoms with van der Waals surface area (Å²) in [6.45, 7) is 1.92. The topological polar surface area (TPSA) is 98.7 Å². The summed E-state index contributed by atoms with van der Waals surface area (Å²) < 4.78 is 21.8. The molecule has 0 fully saturated rings. The van der Waals surface area contributed by atoms with Crippen molar-refractivity contribution in [2.75, 3.05) is 0 Å². The molecule has 2 aromatic carbocycles. The molecule has 5 aromatic rings. The highest BCUT2D eigenvalue weighted by Crippen LogP contribution is 2.31. The molecule has 3 aromatic heterocycles. The van der Waals surface area contributed by atoms with E-state index in [-0.39, 0.29) is 18.3 Å². The number of rotatable bonds is 7. The number of tetrazole rings is 1. The quantitative estimate of drug-likeness (QED) is 0.391. The van der Waals surface area contributed by atoms with Gasteiger partial charge in [-0.1, -0.05) is 24.3 Å². The average Bonchev–Trinajstić information content (AvgIpc) is 3.56. The fourth-order valence-electron chi connectivity index (χ4n) is 3.52. The number of nitrogens with zero attached hydrogens (tertiary/aromatic N) is 5. The van der Waals surface area contributed by atoms with E-state index in [1.165, 1.54) is 16.8 Å². The van der Waals surface area contributed by atoms with Gasteiger partial charge in [-0.2, -0.15) is 0 Å². The molecule has 0 aliphatic carbocycles. The van der Waals surface area contributed by atoms with Gasteiger partial charge >= 0.3 is 0 Å². The second kappa shape index (κ2) is 8.91. The molecular formula is C23H19FN6O2S. The molecule has 8 nitrogen and oxygen atoms in total. The van der Waals surface area contributed by atoms with E-state index < -0.39 is 6.04 Å². The zero-order valence-corrected chi connectivity index (χ0v) is 18.4. The van der Waals surface area contributed by atoms with Crippen molar-refractivity contribution in [3.63, 3.8) is 0 Å². The molecule has 0 radical (unpaired) electrons. The Morgan fingerprint density at radius 2 is 1.97 bits per heavy atom. The number of aryl methyl sites for hydroxylation is 1. The third-order valence-electron chi connectivity index (χ3n) is 5.20. The molecule has 33 heavy (non-hydrogen) atoms. The first-order chi connectivity index (χ1) is 16.1. The Morgan fingerprint density at radius 3 is 2.73 bits per heavy atom. The van der Waals surface area contributed by atoms with Gasteiger partial charge in [0.15, 0.2) is 10.8 Å². The van der Waals surface area contributed by atoms with Gasteiger partial charge in [-0.25, -0.2) is 14.1 Å². The van der Waals surface area contributed by atoms with Crippen molar-refractivity contribution < 1.29 is 13.6 Å². The molecule has 0 aliphatic rings. The van der Waals surface area contributed by atoms with E-state index in [1.54, 1.807) is 30.4 Å². The van der Waals surface area contributed by atoms with Crippen LogP contribution in [0.15, 0.2) is 65.1 Å². The number of hydrogen-bond acceptors (Lipinski definition) is 7. The van der Waals surface area contributed by atoms with Gasteiger partial charge in [0.2, 0.25) is 5.91 Å². The normalized spacial score (nSPS) is 12.2. The van der Waals surface area contributed by atoms with Crippen molar-refractivity contribution in [1.29, 1.82) is 0 Å². The highest BCUT2D eigenvalue weighted by atomic mass is 32.1. The Morgan fingerprint density at radius 1 is 1.15 bits per heavy atom. The summed E-state index contributed by atoms with van der Waals surface area (Å²) in [6, 6.07) is 16.9. The van der Waals surface area contributed by atoms with Crippen molar-refractivity contribution in [3.8, 4) is 10.8 Å². The van der Waals surface area contributed by atoms with Gasteiger partial charge in [-0.15, -0.1) is 16.4 Å². The summed E-state index contributed by atoms with van der Waals surface area (Å²) in [6.07, 6.45) is 0.313. The zero-order chi connectivity index (χ0) is 22.8. The number of benzene rings is 2. The van der Waals surface area contributed by atoms with Gasteiger partial charge in [-0.05, 0) is 59.3 Å². The molecule has 5 rings (SSSR count). The first kappa shape index (κ1) is 21.0. The number of thiazole rings is 1. The largest absolute Gasteiger partial charge is 0.457 e. The van der Waals surface area contributed by atoms with Gasteiger partial charge in [0, 0.05) is 6.42 Å². The van der Waals surface area contributed by atoms with Gasteiger partial charge < -0.3 is 9.73 Å². The first-order valence-electron chi connectivity index (χ1n) is 10.3. The van der Waals surface area contributed by atoms with Crippen LogP contribution in [-0.4, -0.2) is 31.1 Å². The van der Waals surface area contributed by atoms with Crippen LogP contribution in [0.5, 0.6) is 0 Å². The number of halogens is 1. The number of nitrogens with one attached hydrogen (secondary N) is 1. The molecule has 0 spiro atoms. The number of amides is 1. The number of furan rings is 1. The molecule has 166 valence electrons.